The van der Waals surface area contributed by atoms with E-state index in [1.165, 1.54) is 0 Å². The van der Waals surface area contributed by atoms with Crippen molar-refractivity contribution in [2.24, 2.45) is 4.99 Å². The number of hydrogen-bond acceptors (Lipinski definition) is 1. The molecule has 2 aromatic carbocycles. The van der Waals surface area contributed by atoms with E-state index in [0.29, 0.717) is 0 Å². The second kappa shape index (κ2) is 6.61. The fourth-order valence-electron chi connectivity index (χ4n) is 0.918. The van der Waals surface area contributed by atoms with Gasteiger partial charge in [0.1, 0.15) is 0 Å². The molecule has 0 saturated carbocycles. The van der Waals surface area contributed by atoms with Crippen LogP contribution in [0.4, 0.5) is 5.69 Å². The van der Waals surface area contributed by atoms with E-state index in [0.717, 1.165) is 5.69 Å². The Hall–Kier alpha value is -1.89. The topological polar surface area (TPSA) is 12.4 Å². The van der Waals surface area contributed by atoms with Crippen LogP contribution in [-0.4, -0.2) is 6.72 Å². The fourth-order valence-corrected chi connectivity index (χ4v) is 0.918. The van der Waals surface area contributed by atoms with Gasteiger partial charge >= 0.3 is 0 Å². The van der Waals surface area contributed by atoms with Gasteiger partial charge in [-0.05, 0) is 18.9 Å². The van der Waals surface area contributed by atoms with Gasteiger partial charge in [-0.2, -0.15) is 0 Å². The number of para-hydroxylation sites is 1. The monoisotopic (exact) mass is 183 g/mol. The molecule has 1 nitrogen and oxygen atoms in total. The Balaban J connectivity index is 0.000000146. The van der Waals surface area contributed by atoms with Crippen LogP contribution < -0.4 is 0 Å². The van der Waals surface area contributed by atoms with Crippen LogP contribution in [0.25, 0.3) is 0 Å². The van der Waals surface area contributed by atoms with Crippen LogP contribution in [0.1, 0.15) is 0 Å². The summed E-state index contributed by atoms with van der Waals surface area (Å²) in [5, 5.41) is 0. The van der Waals surface area contributed by atoms with Crippen LogP contribution >= 0.6 is 0 Å². The van der Waals surface area contributed by atoms with Gasteiger partial charge in [0, 0.05) is 0 Å². The average molecular weight is 183 g/mol. The third-order valence-corrected chi connectivity index (χ3v) is 1.61. The Morgan fingerprint density at radius 2 is 1.00 bits per heavy atom. The smallest absolute Gasteiger partial charge is 0.0622 e. The summed E-state index contributed by atoms with van der Waals surface area (Å²) >= 11 is 0. The lowest BCUT2D eigenvalue weighted by Gasteiger charge is -1.84. The van der Waals surface area contributed by atoms with E-state index < -0.39 is 0 Å². The molecule has 0 aliphatic heterocycles. The van der Waals surface area contributed by atoms with Gasteiger partial charge in [-0.3, -0.25) is 4.99 Å². The molecule has 0 aromatic heterocycles. The van der Waals surface area contributed by atoms with E-state index in [2.05, 4.69) is 11.7 Å². The molecule has 0 saturated heterocycles. The maximum absolute atomic E-state index is 3.72. The molecule has 0 bridgehead atoms. The van der Waals surface area contributed by atoms with E-state index in [9.17, 15) is 0 Å². The molecule has 0 aliphatic carbocycles. The summed E-state index contributed by atoms with van der Waals surface area (Å²) in [4.78, 5) is 3.72. The molecule has 1 heteroatoms. The molecule has 0 radical (unpaired) electrons. The predicted molar refractivity (Wildman–Crippen MR) is 62.1 cm³/mol. The van der Waals surface area contributed by atoms with Gasteiger partial charge in [-0.25, -0.2) is 0 Å². The Kier molecular flexibility index (Phi) is 4.81. The van der Waals surface area contributed by atoms with Crippen molar-refractivity contribution in [3.63, 3.8) is 0 Å². The van der Waals surface area contributed by atoms with Crippen LogP contribution in [0, 0.1) is 0 Å². The highest BCUT2D eigenvalue weighted by molar-refractivity contribution is 5.44. The van der Waals surface area contributed by atoms with Gasteiger partial charge in [0.2, 0.25) is 0 Å². The number of hydrogen-bond donors (Lipinski definition) is 0. The number of aliphatic imine (C=N–C) groups is 1. The van der Waals surface area contributed by atoms with Gasteiger partial charge in [-0.1, -0.05) is 54.6 Å². The van der Waals surface area contributed by atoms with Crippen molar-refractivity contribution >= 4 is 12.4 Å². The van der Waals surface area contributed by atoms with E-state index >= 15 is 0 Å². The standard InChI is InChI=1S/C7H7N.C6H6/c1-8-7-5-3-2-4-6-7;1-2-4-6-5-3-1/h2-6H,1H2;1-6H. The summed E-state index contributed by atoms with van der Waals surface area (Å²) in [5.41, 5.74) is 0.924. The molecule has 70 valence electrons. The lowest BCUT2D eigenvalue weighted by Crippen LogP contribution is -1.57. The third-order valence-electron chi connectivity index (χ3n) is 1.61. The average Bonchev–Trinajstić information content (AvgIpc) is 2.33. The summed E-state index contributed by atoms with van der Waals surface area (Å²) < 4.78 is 0. The Labute approximate surface area is 84.8 Å². The molecule has 0 atom stereocenters. The normalized spacial score (nSPS) is 8.29. The Morgan fingerprint density at radius 1 is 0.643 bits per heavy atom. The summed E-state index contributed by atoms with van der Waals surface area (Å²) in [6.07, 6.45) is 0. The van der Waals surface area contributed by atoms with Crippen molar-refractivity contribution in [1.82, 2.24) is 0 Å². The van der Waals surface area contributed by atoms with Gasteiger partial charge in [0.25, 0.3) is 0 Å². The number of benzene rings is 2. The zero-order chi connectivity index (χ0) is 10.1. The minimum Gasteiger partial charge on any atom is -0.265 e. The molecule has 0 N–H and O–H groups in total. The predicted octanol–water partition coefficient (Wildman–Crippen LogP) is 3.71. The van der Waals surface area contributed by atoms with Crippen LogP contribution in [-0.2, 0) is 0 Å². The molecular formula is C13H13N. The van der Waals surface area contributed by atoms with Crippen LogP contribution in [0.2, 0.25) is 0 Å². The maximum atomic E-state index is 3.72. The van der Waals surface area contributed by atoms with Crippen molar-refractivity contribution in [1.29, 1.82) is 0 Å². The summed E-state index contributed by atoms with van der Waals surface area (Å²) in [6, 6.07) is 21.6. The Bertz CT molecular complexity index is 313. The lowest BCUT2D eigenvalue weighted by atomic mass is 10.3. The second-order valence-electron chi connectivity index (χ2n) is 2.65. The first-order valence-electron chi connectivity index (χ1n) is 4.45. The van der Waals surface area contributed by atoms with E-state index in [4.69, 9.17) is 0 Å². The van der Waals surface area contributed by atoms with Crippen LogP contribution in [0.5, 0.6) is 0 Å². The molecule has 0 fully saturated rings. The first-order valence-corrected chi connectivity index (χ1v) is 4.45. The summed E-state index contributed by atoms with van der Waals surface area (Å²) in [6.45, 7) is 3.38. The minimum absolute atomic E-state index is 0.924. The zero-order valence-corrected chi connectivity index (χ0v) is 8.01. The maximum Gasteiger partial charge on any atom is 0.0622 e. The Morgan fingerprint density at radius 3 is 1.29 bits per heavy atom. The first-order chi connectivity index (χ1) is 6.93. The summed E-state index contributed by atoms with van der Waals surface area (Å²) in [7, 11) is 0. The van der Waals surface area contributed by atoms with Crippen LogP contribution in [0.15, 0.2) is 71.7 Å². The quantitative estimate of drug-likeness (QED) is 0.598. The van der Waals surface area contributed by atoms with E-state index in [1.54, 1.807) is 0 Å². The second-order valence-corrected chi connectivity index (χ2v) is 2.65. The molecule has 14 heavy (non-hydrogen) atoms. The number of nitrogens with zero attached hydrogens (tertiary/aromatic N) is 1. The third kappa shape index (κ3) is 4.21. The SMILES string of the molecule is C=Nc1ccccc1.c1ccccc1. The first kappa shape index (κ1) is 10.2. The highest BCUT2D eigenvalue weighted by atomic mass is 14.7. The minimum atomic E-state index is 0.924. The van der Waals surface area contributed by atoms with Gasteiger partial charge in [-0.15, -0.1) is 0 Å². The highest BCUT2D eigenvalue weighted by Crippen LogP contribution is 2.06. The molecule has 0 spiro atoms. The molecule has 0 amide bonds. The highest BCUT2D eigenvalue weighted by Gasteiger charge is 1.76. The molecule has 0 unspecified atom stereocenters. The molecule has 0 aliphatic rings. The van der Waals surface area contributed by atoms with Crippen molar-refractivity contribution in [2.45, 2.75) is 0 Å². The van der Waals surface area contributed by atoms with Crippen molar-refractivity contribution in [2.75, 3.05) is 0 Å². The van der Waals surface area contributed by atoms with Crippen LogP contribution in [0.3, 0.4) is 0 Å². The van der Waals surface area contributed by atoms with Crippen molar-refractivity contribution < 1.29 is 0 Å². The molecule has 2 aromatic rings. The molecule has 2 rings (SSSR count). The number of rotatable bonds is 1. The zero-order valence-electron chi connectivity index (χ0n) is 8.01. The largest absolute Gasteiger partial charge is 0.265 e. The fraction of sp³-hybridized carbons (Fsp3) is 0. The summed E-state index contributed by atoms with van der Waals surface area (Å²) in [5.74, 6) is 0. The molecular weight excluding hydrogens is 170 g/mol. The van der Waals surface area contributed by atoms with Crippen molar-refractivity contribution in [3.05, 3.63) is 66.7 Å². The van der Waals surface area contributed by atoms with Gasteiger partial charge in [0.15, 0.2) is 0 Å². The molecule has 0 heterocycles. The van der Waals surface area contributed by atoms with E-state index in [-0.39, 0.29) is 0 Å². The van der Waals surface area contributed by atoms with Crippen molar-refractivity contribution in [3.8, 4) is 0 Å². The van der Waals surface area contributed by atoms with E-state index in [1.807, 2.05) is 66.7 Å². The van der Waals surface area contributed by atoms with Gasteiger partial charge < -0.3 is 0 Å². The lowest BCUT2D eigenvalue weighted by molar-refractivity contribution is 1.55. The van der Waals surface area contributed by atoms with Gasteiger partial charge in [0.05, 0.1) is 5.69 Å².